The number of carbonyl (C=O) groups excluding carboxylic acids is 1. The number of carbonyl (C=O) groups is 2. The van der Waals surface area contributed by atoms with Gasteiger partial charge in [-0.3, -0.25) is 0 Å². The average Bonchev–Trinajstić information content (AvgIpc) is 2.40. The van der Waals surface area contributed by atoms with Crippen LogP contribution >= 0.6 is 0 Å². The number of nitrogens with one attached hydrogen (secondary N) is 1. The lowest BCUT2D eigenvalue weighted by Gasteiger charge is -2.20. The maximum atomic E-state index is 11.9. The molecule has 3 N–H and O–H groups in total. The van der Waals surface area contributed by atoms with Gasteiger partial charge >= 0.3 is 12.0 Å². The van der Waals surface area contributed by atoms with E-state index in [9.17, 15) is 9.59 Å². The molecule has 0 aromatic carbocycles. The van der Waals surface area contributed by atoms with Gasteiger partial charge in [-0.2, -0.15) is 0 Å². The molecule has 104 valence electrons. The molecule has 0 atom stereocenters. The van der Waals surface area contributed by atoms with E-state index >= 15 is 0 Å². The molecular weight excluding hydrogens is 250 g/mol. The molecule has 2 amide bonds. The van der Waals surface area contributed by atoms with E-state index in [-0.39, 0.29) is 18.3 Å². The highest BCUT2D eigenvalue weighted by atomic mass is 16.4. The van der Waals surface area contributed by atoms with Gasteiger partial charge in [0.15, 0.2) is 0 Å². The number of amides is 2. The second-order valence-corrected chi connectivity index (χ2v) is 3.82. The molecule has 0 saturated carbocycles. The summed E-state index contributed by atoms with van der Waals surface area (Å²) in [7, 11) is 0. The van der Waals surface area contributed by atoms with Crippen molar-refractivity contribution in [1.82, 2.24) is 9.88 Å². The Morgan fingerprint density at radius 2 is 2.16 bits per heavy atom. The first kappa shape index (κ1) is 14.9. The van der Waals surface area contributed by atoms with Crippen molar-refractivity contribution in [2.45, 2.75) is 13.3 Å². The number of urea groups is 1. The Labute approximate surface area is 110 Å². The Morgan fingerprint density at radius 1 is 1.42 bits per heavy atom. The van der Waals surface area contributed by atoms with Crippen molar-refractivity contribution in [2.24, 2.45) is 0 Å². The van der Waals surface area contributed by atoms with Crippen LogP contribution in [0, 0.1) is 0 Å². The first-order valence-electron chi connectivity index (χ1n) is 5.94. The van der Waals surface area contributed by atoms with Crippen LogP contribution in [0.3, 0.4) is 0 Å². The number of carboxylic acid groups (broad SMARTS) is 1. The van der Waals surface area contributed by atoms with E-state index in [1.165, 1.54) is 18.3 Å². The third-order valence-corrected chi connectivity index (χ3v) is 2.49. The highest BCUT2D eigenvalue weighted by molar-refractivity contribution is 5.90. The summed E-state index contributed by atoms with van der Waals surface area (Å²) in [5, 5.41) is 20.1. The zero-order chi connectivity index (χ0) is 14.3. The van der Waals surface area contributed by atoms with Gasteiger partial charge in [0, 0.05) is 19.7 Å². The number of hydrogen-bond donors (Lipinski definition) is 3. The molecule has 0 bridgehead atoms. The molecule has 1 rings (SSSR count). The Bertz CT molecular complexity index is 433. The Hall–Kier alpha value is -2.15. The molecule has 0 fully saturated rings. The smallest absolute Gasteiger partial charge is 0.354 e. The van der Waals surface area contributed by atoms with Gasteiger partial charge in [-0.05, 0) is 25.5 Å². The van der Waals surface area contributed by atoms with Gasteiger partial charge in [0.1, 0.15) is 5.69 Å². The third-order valence-electron chi connectivity index (χ3n) is 2.49. The summed E-state index contributed by atoms with van der Waals surface area (Å²) in [6, 6.07) is 2.50. The second-order valence-electron chi connectivity index (χ2n) is 3.82. The summed E-state index contributed by atoms with van der Waals surface area (Å²) in [6.07, 6.45) is 1.80. The van der Waals surface area contributed by atoms with Gasteiger partial charge in [0.2, 0.25) is 0 Å². The second kappa shape index (κ2) is 7.32. The van der Waals surface area contributed by atoms with Crippen molar-refractivity contribution in [2.75, 3.05) is 25.0 Å². The number of aliphatic hydroxyl groups is 1. The molecule has 0 radical (unpaired) electrons. The zero-order valence-electron chi connectivity index (χ0n) is 10.7. The summed E-state index contributed by atoms with van der Waals surface area (Å²) in [5.74, 6) is -1.11. The van der Waals surface area contributed by atoms with Crippen LogP contribution in [0.4, 0.5) is 10.5 Å². The molecule has 1 aromatic rings. The van der Waals surface area contributed by atoms with Crippen molar-refractivity contribution in [3.05, 3.63) is 24.0 Å². The fraction of sp³-hybridized carbons (Fsp3) is 0.417. The molecular formula is C12H17N3O4. The number of pyridine rings is 1. The molecule has 0 aliphatic rings. The molecule has 0 saturated heterocycles. The van der Waals surface area contributed by atoms with Crippen molar-refractivity contribution < 1.29 is 19.8 Å². The molecule has 0 unspecified atom stereocenters. The van der Waals surface area contributed by atoms with Gasteiger partial charge in [-0.25, -0.2) is 14.6 Å². The zero-order valence-corrected chi connectivity index (χ0v) is 10.7. The Kier molecular flexibility index (Phi) is 5.74. The van der Waals surface area contributed by atoms with Crippen molar-refractivity contribution in [1.29, 1.82) is 0 Å². The van der Waals surface area contributed by atoms with Crippen LogP contribution in [0.1, 0.15) is 23.8 Å². The van der Waals surface area contributed by atoms with Crippen LogP contribution in [0.15, 0.2) is 18.3 Å². The van der Waals surface area contributed by atoms with Crippen LogP contribution < -0.4 is 5.32 Å². The fourth-order valence-corrected chi connectivity index (χ4v) is 1.46. The minimum absolute atomic E-state index is 0.0264. The molecule has 0 spiro atoms. The fourth-order valence-electron chi connectivity index (χ4n) is 1.46. The summed E-state index contributed by atoms with van der Waals surface area (Å²) in [5.41, 5.74) is 0.350. The topological polar surface area (TPSA) is 103 Å². The maximum Gasteiger partial charge on any atom is 0.354 e. The van der Waals surface area contributed by atoms with Crippen LogP contribution in [-0.2, 0) is 0 Å². The van der Waals surface area contributed by atoms with E-state index in [0.717, 1.165) is 0 Å². The maximum absolute atomic E-state index is 11.9. The quantitative estimate of drug-likeness (QED) is 0.714. The van der Waals surface area contributed by atoms with Gasteiger partial charge in [-0.1, -0.05) is 0 Å². The number of aromatic carboxylic acids is 1. The van der Waals surface area contributed by atoms with Crippen LogP contribution in [-0.4, -0.2) is 51.8 Å². The van der Waals surface area contributed by atoms with Crippen LogP contribution in [0.25, 0.3) is 0 Å². The lowest BCUT2D eigenvalue weighted by molar-refractivity contribution is 0.0690. The predicted molar refractivity (Wildman–Crippen MR) is 69.2 cm³/mol. The number of hydrogen-bond acceptors (Lipinski definition) is 4. The standard InChI is InChI=1S/C12H17N3O4/c1-2-15(6-3-7-16)12(19)14-9-4-5-10(11(17)18)13-8-9/h4-5,8,16H,2-3,6-7H2,1H3,(H,14,19)(H,17,18). The highest BCUT2D eigenvalue weighted by Gasteiger charge is 2.11. The van der Waals surface area contributed by atoms with E-state index in [4.69, 9.17) is 10.2 Å². The number of nitrogens with zero attached hydrogens (tertiary/aromatic N) is 2. The van der Waals surface area contributed by atoms with E-state index in [1.54, 1.807) is 4.90 Å². The SMILES string of the molecule is CCN(CCCO)C(=O)Nc1ccc(C(=O)O)nc1. The molecule has 7 nitrogen and oxygen atoms in total. The first-order chi connectivity index (χ1) is 9.08. The first-order valence-corrected chi connectivity index (χ1v) is 5.94. The lowest BCUT2D eigenvalue weighted by Crippen LogP contribution is -2.35. The van der Waals surface area contributed by atoms with Crippen LogP contribution in [0.5, 0.6) is 0 Å². The number of carboxylic acids is 1. The monoisotopic (exact) mass is 267 g/mol. The normalized spacial score (nSPS) is 10.0. The number of rotatable bonds is 6. The van der Waals surface area contributed by atoms with Crippen molar-refractivity contribution >= 4 is 17.7 Å². The van der Waals surface area contributed by atoms with Crippen LogP contribution in [0.2, 0.25) is 0 Å². The van der Waals surface area contributed by atoms with E-state index in [2.05, 4.69) is 10.3 Å². The predicted octanol–water partition coefficient (Wildman–Crippen LogP) is 1.02. The van der Waals surface area contributed by atoms with Gasteiger partial charge < -0.3 is 20.4 Å². The van der Waals surface area contributed by atoms with Gasteiger partial charge in [0.05, 0.1) is 11.9 Å². The molecule has 0 aliphatic carbocycles. The number of aliphatic hydroxyl groups excluding tert-OH is 1. The summed E-state index contributed by atoms with van der Waals surface area (Å²) >= 11 is 0. The van der Waals surface area contributed by atoms with E-state index in [0.29, 0.717) is 25.2 Å². The van der Waals surface area contributed by atoms with Crippen molar-refractivity contribution in [3.8, 4) is 0 Å². The van der Waals surface area contributed by atoms with E-state index < -0.39 is 5.97 Å². The number of anilines is 1. The summed E-state index contributed by atoms with van der Waals surface area (Å²) in [4.78, 5) is 27.7. The summed E-state index contributed by atoms with van der Waals surface area (Å²) < 4.78 is 0. The molecule has 1 aromatic heterocycles. The van der Waals surface area contributed by atoms with E-state index in [1.807, 2.05) is 6.92 Å². The van der Waals surface area contributed by atoms with Gasteiger partial charge in [0.25, 0.3) is 0 Å². The Morgan fingerprint density at radius 3 is 2.63 bits per heavy atom. The Balaban J connectivity index is 2.62. The number of aromatic nitrogens is 1. The molecule has 1 heterocycles. The highest BCUT2D eigenvalue weighted by Crippen LogP contribution is 2.07. The molecule has 19 heavy (non-hydrogen) atoms. The largest absolute Gasteiger partial charge is 0.477 e. The third kappa shape index (κ3) is 4.55. The lowest BCUT2D eigenvalue weighted by atomic mass is 10.3. The van der Waals surface area contributed by atoms with Gasteiger partial charge in [-0.15, -0.1) is 0 Å². The van der Waals surface area contributed by atoms with Crippen molar-refractivity contribution in [3.63, 3.8) is 0 Å². The molecule has 0 aliphatic heterocycles. The summed E-state index contributed by atoms with van der Waals surface area (Å²) in [6.45, 7) is 2.84. The minimum Gasteiger partial charge on any atom is -0.477 e. The minimum atomic E-state index is -1.11. The average molecular weight is 267 g/mol. The molecule has 7 heteroatoms.